The third-order valence-corrected chi connectivity index (χ3v) is 3.90. The molecule has 1 rings (SSSR count). The van der Waals surface area contributed by atoms with Gasteiger partial charge in [0.2, 0.25) is 5.91 Å². The molecule has 0 aliphatic carbocycles. The van der Waals surface area contributed by atoms with E-state index in [2.05, 4.69) is 4.90 Å². The molecule has 0 saturated carbocycles. The highest BCUT2D eigenvalue weighted by Crippen LogP contribution is 2.21. The van der Waals surface area contributed by atoms with Crippen LogP contribution in [-0.2, 0) is 9.59 Å². The lowest BCUT2D eigenvalue weighted by Crippen LogP contribution is -2.46. The summed E-state index contributed by atoms with van der Waals surface area (Å²) in [6, 6.07) is 0.431. The fourth-order valence-electron chi connectivity index (χ4n) is 3.06. The molecule has 0 aromatic heterocycles. The fraction of sp³-hybridized carbons (Fsp3) is 0.867. The summed E-state index contributed by atoms with van der Waals surface area (Å²) >= 11 is 0. The molecule has 20 heavy (non-hydrogen) atoms. The average molecular weight is 284 g/mol. The molecule has 0 spiro atoms. The van der Waals surface area contributed by atoms with Gasteiger partial charge in [0.15, 0.2) is 0 Å². The molecular formula is C15H28N2O3. The normalized spacial score (nSPS) is 19.8. The summed E-state index contributed by atoms with van der Waals surface area (Å²) in [4.78, 5) is 27.0. The van der Waals surface area contributed by atoms with Crippen LogP contribution in [-0.4, -0.2) is 58.5 Å². The van der Waals surface area contributed by atoms with E-state index in [1.54, 1.807) is 0 Å². The number of nitrogens with zero attached hydrogens (tertiary/aromatic N) is 2. The first-order valence-corrected chi connectivity index (χ1v) is 7.56. The van der Waals surface area contributed by atoms with E-state index in [0.29, 0.717) is 12.5 Å². The highest BCUT2D eigenvalue weighted by molar-refractivity contribution is 5.78. The van der Waals surface area contributed by atoms with Gasteiger partial charge in [-0.05, 0) is 53.0 Å². The van der Waals surface area contributed by atoms with E-state index in [1.807, 2.05) is 32.6 Å². The van der Waals surface area contributed by atoms with Crippen molar-refractivity contribution in [3.63, 3.8) is 0 Å². The lowest BCUT2D eigenvalue weighted by Gasteiger charge is -2.32. The van der Waals surface area contributed by atoms with Crippen LogP contribution in [0, 0.1) is 5.92 Å². The zero-order valence-electron chi connectivity index (χ0n) is 13.1. The van der Waals surface area contributed by atoms with Crippen molar-refractivity contribution in [2.75, 3.05) is 19.6 Å². The Morgan fingerprint density at radius 3 is 2.35 bits per heavy atom. The molecule has 0 bridgehead atoms. The predicted molar refractivity (Wildman–Crippen MR) is 78.5 cm³/mol. The second-order valence-electron chi connectivity index (χ2n) is 6.31. The van der Waals surface area contributed by atoms with Crippen molar-refractivity contribution in [1.82, 2.24) is 9.80 Å². The van der Waals surface area contributed by atoms with E-state index in [-0.39, 0.29) is 24.4 Å². The number of likely N-dealkylation sites (tertiary alicyclic amines) is 1. The minimum absolute atomic E-state index is 0.175. The summed E-state index contributed by atoms with van der Waals surface area (Å²) < 4.78 is 0. The van der Waals surface area contributed by atoms with Crippen LogP contribution in [0.1, 0.15) is 47.0 Å². The topological polar surface area (TPSA) is 60.9 Å². The summed E-state index contributed by atoms with van der Waals surface area (Å²) in [6.45, 7) is 10.4. The van der Waals surface area contributed by atoms with Gasteiger partial charge >= 0.3 is 5.97 Å². The monoisotopic (exact) mass is 284 g/mol. The van der Waals surface area contributed by atoms with Crippen molar-refractivity contribution < 1.29 is 14.7 Å². The minimum atomic E-state index is -0.731. The SMILES string of the molecule is CC(C)N(C(=O)CN1CCC(CCC(=O)O)C1)C(C)C. The van der Waals surface area contributed by atoms with Crippen molar-refractivity contribution in [3.05, 3.63) is 0 Å². The zero-order chi connectivity index (χ0) is 15.3. The highest BCUT2D eigenvalue weighted by Gasteiger charge is 2.27. The molecule has 1 N–H and O–H groups in total. The smallest absolute Gasteiger partial charge is 0.303 e. The van der Waals surface area contributed by atoms with E-state index in [1.165, 1.54) is 0 Å². The summed E-state index contributed by atoms with van der Waals surface area (Å²) in [6.07, 6.45) is 1.96. The van der Waals surface area contributed by atoms with E-state index < -0.39 is 5.97 Å². The summed E-state index contributed by atoms with van der Waals surface area (Å²) in [5, 5.41) is 8.71. The minimum Gasteiger partial charge on any atom is -0.481 e. The molecule has 0 aromatic rings. The number of carbonyl (C=O) groups excluding carboxylic acids is 1. The maximum atomic E-state index is 12.3. The standard InChI is InChI=1S/C15H28N2O3/c1-11(2)17(12(3)4)14(18)10-16-8-7-13(9-16)5-6-15(19)20/h11-13H,5-10H2,1-4H3,(H,19,20). The molecular weight excluding hydrogens is 256 g/mol. The average Bonchev–Trinajstić information content (AvgIpc) is 2.72. The number of rotatable bonds is 7. The van der Waals surface area contributed by atoms with Crippen molar-refractivity contribution in [1.29, 1.82) is 0 Å². The summed E-state index contributed by atoms with van der Waals surface area (Å²) in [5.41, 5.74) is 0. The van der Waals surface area contributed by atoms with E-state index in [9.17, 15) is 9.59 Å². The van der Waals surface area contributed by atoms with Crippen molar-refractivity contribution in [3.8, 4) is 0 Å². The van der Waals surface area contributed by atoms with Crippen molar-refractivity contribution in [2.24, 2.45) is 5.92 Å². The Morgan fingerprint density at radius 1 is 1.25 bits per heavy atom. The first kappa shape index (κ1) is 17.0. The molecule has 0 aromatic carbocycles. The zero-order valence-corrected chi connectivity index (χ0v) is 13.1. The second-order valence-corrected chi connectivity index (χ2v) is 6.31. The summed E-state index contributed by atoms with van der Waals surface area (Å²) in [7, 11) is 0. The van der Waals surface area contributed by atoms with Crippen LogP contribution in [0.4, 0.5) is 0 Å². The van der Waals surface area contributed by atoms with Crippen LogP contribution in [0.15, 0.2) is 0 Å². The van der Waals surface area contributed by atoms with E-state index in [4.69, 9.17) is 5.11 Å². The lowest BCUT2D eigenvalue weighted by atomic mass is 10.0. The number of hydrogen-bond donors (Lipinski definition) is 1. The van der Waals surface area contributed by atoms with Gasteiger partial charge in [0, 0.05) is 25.0 Å². The van der Waals surface area contributed by atoms with Gasteiger partial charge in [-0.15, -0.1) is 0 Å². The van der Waals surface area contributed by atoms with Crippen molar-refractivity contribution >= 4 is 11.9 Å². The molecule has 1 atom stereocenters. The first-order valence-electron chi connectivity index (χ1n) is 7.56. The van der Waals surface area contributed by atoms with Crippen LogP contribution in [0.2, 0.25) is 0 Å². The lowest BCUT2D eigenvalue weighted by molar-refractivity contribution is -0.138. The molecule has 5 nitrogen and oxygen atoms in total. The molecule has 0 radical (unpaired) electrons. The molecule has 1 saturated heterocycles. The van der Waals surface area contributed by atoms with Gasteiger partial charge in [-0.3, -0.25) is 14.5 Å². The van der Waals surface area contributed by atoms with Crippen molar-refractivity contribution in [2.45, 2.75) is 59.0 Å². The number of carboxylic acid groups (broad SMARTS) is 1. The van der Waals surface area contributed by atoms with Gasteiger partial charge in [0.25, 0.3) is 0 Å². The molecule has 1 unspecified atom stereocenters. The van der Waals surface area contributed by atoms with Gasteiger partial charge < -0.3 is 10.0 Å². The van der Waals surface area contributed by atoms with Crippen LogP contribution >= 0.6 is 0 Å². The molecule has 1 amide bonds. The molecule has 1 heterocycles. The quantitative estimate of drug-likeness (QED) is 0.774. The Bertz CT molecular complexity index is 334. The van der Waals surface area contributed by atoms with Gasteiger partial charge in [-0.25, -0.2) is 0 Å². The molecule has 1 aliphatic heterocycles. The third kappa shape index (κ3) is 5.12. The van der Waals surface area contributed by atoms with Gasteiger partial charge in [-0.2, -0.15) is 0 Å². The number of amides is 1. The van der Waals surface area contributed by atoms with Gasteiger partial charge in [0.1, 0.15) is 0 Å². The van der Waals surface area contributed by atoms with Gasteiger partial charge in [0.05, 0.1) is 6.54 Å². The number of carbonyl (C=O) groups is 2. The van der Waals surface area contributed by atoms with E-state index in [0.717, 1.165) is 25.9 Å². The molecule has 1 fully saturated rings. The Labute approximate surface area is 121 Å². The fourth-order valence-corrected chi connectivity index (χ4v) is 3.06. The predicted octanol–water partition coefficient (Wildman–Crippen LogP) is 1.82. The van der Waals surface area contributed by atoms with Crippen LogP contribution in [0.5, 0.6) is 0 Å². The van der Waals surface area contributed by atoms with Crippen LogP contribution in [0.3, 0.4) is 0 Å². The summed E-state index contributed by atoms with van der Waals surface area (Å²) in [5.74, 6) is -0.135. The number of aliphatic carboxylic acids is 1. The van der Waals surface area contributed by atoms with E-state index >= 15 is 0 Å². The molecule has 5 heteroatoms. The largest absolute Gasteiger partial charge is 0.481 e. The Hall–Kier alpha value is -1.10. The number of carboxylic acids is 1. The second kappa shape index (κ2) is 7.62. The van der Waals surface area contributed by atoms with Crippen LogP contribution < -0.4 is 0 Å². The Kier molecular flexibility index (Phi) is 6.46. The van der Waals surface area contributed by atoms with Crippen LogP contribution in [0.25, 0.3) is 0 Å². The Morgan fingerprint density at radius 2 is 1.85 bits per heavy atom. The Balaban J connectivity index is 2.42. The maximum Gasteiger partial charge on any atom is 0.303 e. The maximum absolute atomic E-state index is 12.3. The number of hydrogen-bond acceptors (Lipinski definition) is 3. The highest BCUT2D eigenvalue weighted by atomic mass is 16.4. The first-order chi connectivity index (χ1) is 9.31. The molecule has 116 valence electrons. The molecule has 1 aliphatic rings. The third-order valence-electron chi connectivity index (χ3n) is 3.90. The van der Waals surface area contributed by atoms with Gasteiger partial charge in [-0.1, -0.05) is 0 Å².